The standard InChI is InChI=1S/C6H2F6N2O4/c7-4(18)14-2(16)5(8,9)1(15)13-3(17)6(10,11)12/h(H,13,15,17)(H,14,16,18)/p-2. The van der Waals surface area contributed by atoms with E-state index in [0.717, 1.165) is 0 Å². The highest BCUT2D eigenvalue weighted by Crippen LogP contribution is 2.20. The molecule has 0 rings (SSSR count). The molecule has 0 atom stereocenters. The summed E-state index contributed by atoms with van der Waals surface area (Å²) < 4.78 is 71.3. The molecule has 0 saturated carbocycles. The molecule has 102 valence electrons. The average molecular weight is 278 g/mol. The zero-order valence-electron chi connectivity index (χ0n) is 7.80. The number of hydrogen-bond donors (Lipinski definition) is 0. The van der Waals surface area contributed by atoms with Crippen LogP contribution in [0.25, 0.3) is 0 Å². The van der Waals surface area contributed by atoms with Crippen molar-refractivity contribution in [3.8, 4) is 0 Å². The third-order valence-corrected chi connectivity index (χ3v) is 1.17. The predicted octanol–water partition coefficient (Wildman–Crippen LogP) is -1.32. The summed E-state index contributed by atoms with van der Waals surface area (Å²) in [5.74, 6) is -14.6. The first-order valence-corrected chi connectivity index (χ1v) is 3.59. The van der Waals surface area contributed by atoms with Crippen LogP contribution in [0.3, 0.4) is 0 Å². The molecule has 0 radical (unpaired) electrons. The number of nitrogens with zero attached hydrogens (tertiary/aromatic N) is 2. The Labute approximate surface area is 93.3 Å². The summed E-state index contributed by atoms with van der Waals surface area (Å²) >= 11 is 0. The number of carbonyl (C=O) groups excluding carboxylic acids is 2. The van der Waals surface area contributed by atoms with Crippen molar-refractivity contribution in [1.82, 2.24) is 0 Å². The smallest absolute Gasteiger partial charge is 0.419 e. The molecular weight excluding hydrogens is 278 g/mol. The molecule has 0 aromatic heterocycles. The molecule has 0 bridgehead atoms. The van der Waals surface area contributed by atoms with Gasteiger partial charge in [0.15, 0.2) is 0 Å². The van der Waals surface area contributed by atoms with E-state index in [9.17, 15) is 46.1 Å². The van der Waals surface area contributed by atoms with Crippen molar-refractivity contribution in [3.63, 3.8) is 0 Å². The Balaban J connectivity index is 5.23. The van der Waals surface area contributed by atoms with Gasteiger partial charge >= 0.3 is 23.9 Å². The van der Waals surface area contributed by atoms with E-state index < -0.39 is 36.0 Å². The number of amides is 2. The summed E-state index contributed by atoms with van der Waals surface area (Å²) in [6, 6.07) is 0. The van der Waals surface area contributed by atoms with Gasteiger partial charge in [0.25, 0.3) is 0 Å². The molecule has 0 aliphatic carbocycles. The monoisotopic (exact) mass is 278 g/mol. The van der Waals surface area contributed by atoms with Gasteiger partial charge in [0.05, 0.1) is 5.90 Å². The van der Waals surface area contributed by atoms with Gasteiger partial charge in [-0.25, -0.2) is 9.38 Å². The van der Waals surface area contributed by atoms with Crippen molar-refractivity contribution >= 4 is 23.9 Å². The number of hydrogen-bond acceptors (Lipinski definition) is 4. The molecule has 0 spiro atoms. The van der Waals surface area contributed by atoms with Crippen LogP contribution in [0.1, 0.15) is 0 Å². The third-order valence-electron chi connectivity index (χ3n) is 1.17. The molecule has 6 nitrogen and oxygen atoms in total. The topological polar surface area (TPSA) is 105 Å². The second-order valence-electron chi connectivity index (χ2n) is 2.46. The van der Waals surface area contributed by atoms with Gasteiger partial charge < -0.3 is 10.2 Å². The van der Waals surface area contributed by atoms with E-state index in [4.69, 9.17) is 0 Å². The van der Waals surface area contributed by atoms with E-state index in [1.54, 1.807) is 0 Å². The van der Waals surface area contributed by atoms with Gasteiger partial charge in [-0.05, 0) is 0 Å². The molecule has 18 heavy (non-hydrogen) atoms. The summed E-state index contributed by atoms with van der Waals surface area (Å²) in [6.45, 7) is 0. The Morgan fingerprint density at radius 3 is 1.61 bits per heavy atom. The highest BCUT2D eigenvalue weighted by atomic mass is 19.4. The summed E-state index contributed by atoms with van der Waals surface area (Å²) in [5, 5.41) is 19.6. The van der Waals surface area contributed by atoms with Crippen molar-refractivity contribution < 1.29 is 46.1 Å². The Bertz CT molecular complexity index is 422. The lowest BCUT2D eigenvalue weighted by Gasteiger charge is -2.15. The molecule has 0 unspecified atom stereocenters. The van der Waals surface area contributed by atoms with E-state index in [1.165, 1.54) is 9.98 Å². The molecule has 0 heterocycles. The molecule has 0 fully saturated rings. The highest BCUT2D eigenvalue weighted by molar-refractivity contribution is 6.11. The van der Waals surface area contributed by atoms with Crippen LogP contribution in [0, 0.1) is 0 Å². The number of aliphatic imine (C=N–C) groups is 2. The van der Waals surface area contributed by atoms with Gasteiger partial charge in [0.1, 0.15) is 6.15 Å². The summed E-state index contributed by atoms with van der Waals surface area (Å²) in [5.41, 5.74) is 0. The van der Waals surface area contributed by atoms with E-state index in [-0.39, 0.29) is 0 Å². The third kappa shape index (κ3) is 4.03. The SMILES string of the molecule is O=C(N=C([O-])F)C(F)(F)C(=O)N=C([O-])C(F)(F)F. The van der Waals surface area contributed by atoms with Crippen LogP contribution < -0.4 is 10.2 Å². The summed E-state index contributed by atoms with van der Waals surface area (Å²) in [7, 11) is 0. The maximum absolute atomic E-state index is 12.6. The van der Waals surface area contributed by atoms with Crippen LogP contribution in [-0.4, -0.2) is 36.0 Å². The van der Waals surface area contributed by atoms with Crippen molar-refractivity contribution in [2.75, 3.05) is 0 Å². The van der Waals surface area contributed by atoms with Gasteiger partial charge in [0.2, 0.25) is 0 Å². The molecule has 0 aromatic carbocycles. The fraction of sp³-hybridized carbons (Fsp3) is 0.333. The maximum Gasteiger partial charge on any atom is 0.419 e. The molecular formula is C6F6N2O4-2. The minimum atomic E-state index is -5.71. The summed E-state index contributed by atoms with van der Waals surface area (Å²) in [6.07, 6.45) is -8.60. The molecule has 2 amide bonds. The van der Waals surface area contributed by atoms with Gasteiger partial charge in [-0.2, -0.15) is 26.9 Å². The van der Waals surface area contributed by atoms with Gasteiger partial charge in [0, 0.05) is 0 Å². The number of alkyl halides is 5. The molecule has 12 heteroatoms. The zero-order chi connectivity index (χ0) is 14.7. The van der Waals surface area contributed by atoms with Gasteiger partial charge in [-0.3, -0.25) is 9.59 Å². The quantitative estimate of drug-likeness (QED) is 0.270. The fourth-order valence-corrected chi connectivity index (χ4v) is 0.467. The Kier molecular flexibility index (Phi) is 4.42. The Hall–Kier alpha value is -2.14. The first-order chi connectivity index (χ1) is 7.89. The largest absolute Gasteiger partial charge is 0.855 e. The first-order valence-electron chi connectivity index (χ1n) is 3.59. The fourth-order valence-electron chi connectivity index (χ4n) is 0.467. The number of halogens is 6. The van der Waals surface area contributed by atoms with Crippen LogP contribution in [0.4, 0.5) is 26.3 Å². The molecule has 0 saturated heterocycles. The minimum Gasteiger partial charge on any atom is -0.855 e. The molecule has 0 aliphatic rings. The van der Waals surface area contributed by atoms with E-state index in [0.29, 0.717) is 0 Å². The Morgan fingerprint density at radius 1 is 0.889 bits per heavy atom. The van der Waals surface area contributed by atoms with Gasteiger partial charge in [-0.15, -0.1) is 0 Å². The van der Waals surface area contributed by atoms with Crippen LogP contribution in [0.5, 0.6) is 0 Å². The molecule has 0 aromatic rings. The average Bonchev–Trinajstić information content (AvgIpc) is 2.14. The minimum absolute atomic E-state index is 1.38. The van der Waals surface area contributed by atoms with Crippen molar-refractivity contribution in [1.29, 1.82) is 0 Å². The lowest BCUT2D eigenvalue weighted by Crippen LogP contribution is -2.41. The van der Waals surface area contributed by atoms with E-state index in [1.807, 2.05) is 0 Å². The molecule has 0 N–H and O–H groups in total. The number of carbonyl (C=O) groups is 2. The molecule has 0 aliphatic heterocycles. The second-order valence-corrected chi connectivity index (χ2v) is 2.46. The summed E-state index contributed by atoms with van der Waals surface area (Å²) in [4.78, 5) is 23.5. The highest BCUT2D eigenvalue weighted by Gasteiger charge is 2.48. The predicted molar refractivity (Wildman–Crippen MR) is 37.0 cm³/mol. The van der Waals surface area contributed by atoms with Crippen LogP contribution in [-0.2, 0) is 9.59 Å². The Morgan fingerprint density at radius 2 is 1.28 bits per heavy atom. The lowest BCUT2D eigenvalue weighted by molar-refractivity contribution is -0.262. The van der Waals surface area contributed by atoms with Crippen LogP contribution >= 0.6 is 0 Å². The first kappa shape index (κ1) is 15.9. The van der Waals surface area contributed by atoms with Crippen LogP contribution in [0.15, 0.2) is 9.98 Å². The lowest BCUT2D eigenvalue weighted by atomic mass is 10.3. The van der Waals surface area contributed by atoms with Crippen molar-refractivity contribution in [2.45, 2.75) is 12.1 Å². The van der Waals surface area contributed by atoms with Crippen LogP contribution in [0.2, 0.25) is 0 Å². The normalized spacial score (nSPS) is 14.6. The second kappa shape index (κ2) is 5.01. The van der Waals surface area contributed by atoms with Gasteiger partial charge in [-0.1, -0.05) is 0 Å². The maximum atomic E-state index is 12.6. The number of rotatable bonds is 2. The van der Waals surface area contributed by atoms with E-state index >= 15 is 0 Å². The van der Waals surface area contributed by atoms with Crippen molar-refractivity contribution in [2.24, 2.45) is 9.98 Å². The van der Waals surface area contributed by atoms with Crippen molar-refractivity contribution in [3.05, 3.63) is 0 Å². The zero-order valence-corrected chi connectivity index (χ0v) is 7.80. The van der Waals surface area contributed by atoms with E-state index in [2.05, 4.69) is 0 Å².